The van der Waals surface area contributed by atoms with Gasteiger partial charge in [0.05, 0.1) is 12.6 Å². The summed E-state index contributed by atoms with van der Waals surface area (Å²) < 4.78 is 17.5. The summed E-state index contributed by atoms with van der Waals surface area (Å²) in [6.45, 7) is 8.66. The van der Waals surface area contributed by atoms with Gasteiger partial charge in [0.15, 0.2) is 0 Å². The molecule has 1 N–H and O–H groups in total. The zero-order valence-corrected chi connectivity index (χ0v) is 16.6. The van der Waals surface area contributed by atoms with E-state index < -0.39 is 0 Å². The van der Waals surface area contributed by atoms with E-state index in [-0.39, 0.29) is 12.2 Å². The molecule has 2 aromatic carbocycles. The van der Waals surface area contributed by atoms with Gasteiger partial charge in [-0.25, -0.2) is 0 Å². The number of hydrogen-bond donors (Lipinski definition) is 1. The van der Waals surface area contributed by atoms with E-state index in [1.165, 1.54) is 5.56 Å². The minimum Gasteiger partial charge on any atom is -0.491 e. The number of rotatable bonds is 9. The van der Waals surface area contributed by atoms with Crippen molar-refractivity contribution in [2.75, 3.05) is 25.1 Å². The van der Waals surface area contributed by atoms with E-state index in [4.69, 9.17) is 14.2 Å². The van der Waals surface area contributed by atoms with Crippen LogP contribution in [0.4, 0.5) is 5.69 Å². The molecule has 0 bridgehead atoms. The van der Waals surface area contributed by atoms with E-state index in [0.717, 1.165) is 43.2 Å². The van der Waals surface area contributed by atoms with Crippen molar-refractivity contribution in [2.24, 2.45) is 0 Å². The second kappa shape index (κ2) is 9.65. The standard InChI is InChI=1S/C23H31NO3/c1-17(2)19-9-11-21(12-10-19)27-18(3)15-24-20-6-4-7-22(14-20)26-16-23-8-5-13-25-23/h4,6-7,9-12,14,17-18,23-24H,5,8,13,15-16H2,1-3H3. The highest BCUT2D eigenvalue weighted by molar-refractivity contribution is 5.48. The maximum atomic E-state index is 6.01. The first-order chi connectivity index (χ1) is 13.1. The van der Waals surface area contributed by atoms with Crippen LogP contribution in [0.25, 0.3) is 0 Å². The van der Waals surface area contributed by atoms with E-state index in [0.29, 0.717) is 12.5 Å². The van der Waals surface area contributed by atoms with Gasteiger partial charge in [0.2, 0.25) is 0 Å². The van der Waals surface area contributed by atoms with Crippen LogP contribution in [0.5, 0.6) is 11.5 Å². The van der Waals surface area contributed by atoms with E-state index >= 15 is 0 Å². The number of benzene rings is 2. The van der Waals surface area contributed by atoms with Crippen LogP contribution in [-0.2, 0) is 4.74 Å². The molecule has 0 amide bonds. The number of anilines is 1. The molecule has 4 heteroatoms. The van der Waals surface area contributed by atoms with Crippen LogP contribution >= 0.6 is 0 Å². The van der Waals surface area contributed by atoms with Crippen molar-refractivity contribution in [1.29, 1.82) is 0 Å². The Morgan fingerprint density at radius 3 is 2.59 bits per heavy atom. The summed E-state index contributed by atoms with van der Waals surface area (Å²) in [6, 6.07) is 16.4. The lowest BCUT2D eigenvalue weighted by Crippen LogP contribution is -2.22. The van der Waals surface area contributed by atoms with Gasteiger partial charge >= 0.3 is 0 Å². The van der Waals surface area contributed by atoms with Crippen LogP contribution in [0, 0.1) is 0 Å². The van der Waals surface area contributed by atoms with Crippen molar-refractivity contribution in [2.45, 2.75) is 51.7 Å². The number of nitrogens with one attached hydrogen (secondary N) is 1. The summed E-state index contributed by atoms with van der Waals surface area (Å²) >= 11 is 0. The highest BCUT2D eigenvalue weighted by Crippen LogP contribution is 2.21. The van der Waals surface area contributed by atoms with Crippen molar-refractivity contribution in [3.8, 4) is 11.5 Å². The van der Waals surface area contributed by atoms with Gasteiger partial charge in [-0.3, -0.25) is 0 Å². The van der Waals surface area contributed by atoms with E-state index in [9.17, 15) is 0 Å². The molecule has 2 aromatic rings. The van der Waals surface area contributed by atoms with E-state index in [2.05, 4.69) is 38.2 Å². The molecule has 0 radical (unpaired) electrons. The average Bonchev–Trinajstić information content (AvgIpc) is 3.19. The molecule has 1 fully saturated rings. The minimum atomic E-state index is 0.0614. The zero-order valence-electron chi connectivity index (χ0n) is 16.6. The number of ether oxygens (including phenoxy) is 3. The molecule has 3 rings (SSSR count). The third-order valence-electron chi connectivity index (χ3n) is 4.77. The van der Waals surface area contributed by atoms with Crippen LogP contribution in [0.1, 0.15) is 45.1 Å². The molecular weight excluding hydrogens is 338 g/mol. The molecule has 0 aliphatic carbocycles. The second-order valence-electron chi connectivity index (χ2n) is 7.51. The molecule has 0 saturated carbocycles. The first kappa shape index (κ1) is 19.6. The number of hydrogen-bond acceptors (Lipinski definition) is 4. The predicted octanol–water partition coefficient (Wildman–Crippen LogP) is 5.25. The summed E-state index contributed by atoms with van der Waals surface area (Å²) in [6.07, 6.45) is 2.52. The van der Waals surface area contributed by atoms with E-state index in [1.807, 2.05) is 36.4 Å². The molecule has 2 unspecified atom stereocenters. The summed E-state index contributed by atoms with van der Waals surface area (Å²) in [7, 11) is 0. The molecule has 1 heterocycles. The molecule has 1 aliphatic rings. The first-order valence-corrected chi connectivity index (χ1v) is 9.95. The largest absolute Gasteiger partial charge is 0.491 e. The van der Waals surface area contributed by atoms with Crippen molar-refractivity contribution < 1.29 is 14.2 Å². The first-order valence-electron chi connectivity index (χ1n) is 9.95. The fourth-order valence-electron chi connectivity index (χ4n) is 3.13. The Hall–Kier alpha value is -2.20. The summed E-state index contributed by atoms with van der Waals surface area (Å²) in [5.41, 5.74) is 2.36. The topological polar surface area (TPSA) is 39.7 Å². The fraction of sp³-hybridized carbons (Fsp3) is 0.478. The van der Waals surface area contributed by atoms with Crippen LogP contribution in [0.3, 0.4) is 0 Å². The van der Waals surface area contributed by atoms with Gasteiger partial charge < -0.3 is 19.5 Å². The Morgan fingerprint density at radius 2 is 1.89 bits per heavy atom. The molecular formula is C23H31NO3. The quantitative estimate of drug-likeness (QED) is 0.655. The highest BCUT2D eigenvalue weighted by Gasteiger charge is 2.16. The Kier molecular flexibility index (Phi) is 6.99. The van der Waals surface area contributed by atoms with Crippen molar-refractivity contribution in [1.82, 2.24) is 0 Å². The molecule has 146 valence electrons. The normalized spacial score (nSPS) is 17.7. The Labute approximate surface area is 162 Å². The van der Waals surface area contributed by atoms with Crippen LogP contribution in [0.15, 0.2) is 48.5 Å². The van der Waals surface area contributed by atoms with Crippen molar-refractivity contribution in [3.63, 3.8) is 0 Å². The summed E-state index contributed by atoms with van der Waals surface area (Å²) in [4.78, 5) is 0. The molecule has 4 nitrogen and oxygen atoms in total. The van der Waals surface area contributed by atoms with Gasteiger partial charge in [-0.2, -0.15) is 0 Å². The maximum Gasteiger partial charge on any atom is 0.121 e. The molecule has 0 spiro atoms. The van der Waals surface area contributed by atoms with E-state index in [1.54, 1.807) is 0 Å². The Balaban J connectivity index is 1.45. The van der Waals surface area contributed by atoms with Gasteiger partial charge in [0.25, 0.3) is 0 Å². The van der Waals surface area contributed by atoms with Gasteiger partial charge in [0, 0.05) is 18.4 Å². The lowest BCUT2D eigenvalue weighted by molar-refractivity contribution is 0.0680. The third-order valence-corrected chi connectivity index (χ3v) is 4.77. The van der Waals surface area contributed by atoms with Crippen LogP contribution < -0.4 is 14.8 Å². The third kappa shape index (κ3) is 6.17. The monoisotopic (exact) mass is 369 g/mol. The summed E-state index contributed by atoms with van der Waals surface area (Å²) in [5.74, 6) is 2.31. The predicted molar refractivity (Wildman–Crippen MR) is 110 cm³/mol. The van der Waals surface area contributed by atoms with Gasteiger partial charge in [0.1, 0.15) is 24.2 Å². The molecule has 1 saturated heterocycles. The Morgan fingerprint density at radius 1 is 1.07 bits per heavy atom. The van der Waals surface area contributed by atoms with Gasteiger partial charge in [-0.15, -0.1) is 0 Å². The molecule has 0 aromatic heterocycles. The van der Waals surface area contributed by atoms with Crippen molar-refractivity contribution in [3.05, 3.63) is 54.1 Å². The average molecular weight is 370 g/mol. The fourth-order valence-corrected chi connectivity index (χ4v) is 3.13. The molecule has 2 atom stereocenters. The van der Waals surface area contributed by atoms with Crippen LogP contribution in [0.2, 0.25) is 0 Å². The summed E-state index contributed by atoms with van der Waals surface area (Å²) in [5, 5.41) is 3.43. The van der Waals surface area contributed by atoms with Crippen LogP contribution in [-0.4, -0.2) is 32.0 Å². The Bertz CT molecular complexity index is 693. The molecule has 27 heavy (non-hydrogen) atoms. The lowest BCUT2D eigenvalue weighted by atomic mass is 10.0. The highest BCUT2D eigenvalue weighted by atomic mass is 16.5. The smallest absolute Gasteiger partial charge is 0.121 e. The van der Waals surface area contributed by atoms with Gasteiger partial charge in [-0.05, 0) is 55.5 Å². The maximum absolute atomic E-state index is 6.01. The minimum absolute atomic E-state index is 0.0614. The molecule has 1 aliphatic heterocycles. The zero-order chi connectivity index (χ0) is 19.1. The SMILES string of the molecule is CC(CNc1cccc(OCC2CCCO2)c1)Oc1ccc(C(C)C)cc1. The second-order valence-corrected chi connectivity index (χ2v) is 7.51. The van der Waals surface area contributed by atoms with Crippen molar-refractivity contribution >= 4 is 5.69 Å². The van der Waals surface area contributed by atoms with Gasteiger partial charge in [-0.1, -0.05) is 32.0 Å². The lowest BCUT2D eigenvalue weighted by Gasteiger charge is -2.17.